The van der Waals surface area contributed by atoms with E-state index in [2.05, 4.69) is 0 Å². The van der Waals surface area contributed by atoms with Gasteiger partial charge < -0.3 is 0 Å². The van der Waals surface area contributed by atoms with Crippen molar-refractivity contribution in [1.29, 1.82) is 0 Å². The minimum absolute atomic E-state index is 7.66. The highest BCUT2D eigenvalue weighted by molar-refractivity contribution is 5.96. The van der Waals surface area contributed by atoms with Crippen molar-refractivity contribution in [2.45, 2.75) is 60.7 Å². The second kappa shape index (κ2) is 8.92. The van der Waals surface area contributed by atoms with Crippen molar-refractivity contribution in [3.05, 3.63) is 0 Å². The summed E-state index contributed by atoms with van der Waals surface area (Å²) < 4.78 is 343. The number of ketones is 1. The molecule has 0 spiro atoms. The summed E-state index contributed by atoms with van der Waals surface area (Å²) >= 11 is 0. The van der Waals surface area contributed by atoms with Gasteiger partial charge in [0, 0.05) is 0 Å². The highest BCUT2D eigenvalue weighted by atomic mass is 19.5. The normalized spacial score (nSPS) is 16.9. The molecule has 0 atom stereocenters. The van der Waals surface area contributed by atoms with E-state index in [9.17, 15) is 119 Å². The van der Waals surface area contributed by atoms with Crippen LogP contribution < -0.4 is 0 Å². The third-order valence-corrected chi connectivity index (χ3v) is 4.84. The molecule has 0 heterocycles. The largest absolute Gasteiger partial charge is 0.455 e. The molecule has 1 nitrogen and oxygen atoms in total. The fourth-order valence-corrected chi connectivity index (χ4v) is 3.07. The molecule has 0 N–H and O–H groups in total. The van der Waals surface area contributed by atoms with Gasteiger partial charge in [-0.05, 0) is 0 Å². The molecule has 0 unspecified atom stereocenters. The molecule has 0 aliphatic heterocycles. The third-order valence-electron chi connectivity index (χ3n) is 4.84. The van der Waals surface area contributed by atoms with Gasteiger partial charge in [-0.25, -0.2) is 0 Å². The summed E-state index contributed by atoms with van der Waals surface area (Å²) in [5.74, 6) is -47.0. The van der Waals surface area contributed by atoms with Crippen molar-refractivity contribution in [2.24, 2.45) is 10.8 Å². The second-order valence-electron chi connectivity index (χ2n) is 7.11. The Bertz CT molecular complexity index is 814. The van der Waals surface area contributed by atoms with E-state index in [-0.39, 0.29) is 0 Å². The molecule has 0 radical (unpaired) electrons. The quantitative estimate of drug-likeness (QED) is 0.260. The fraction of sp³-hybridized carbons (Fsp3) is 0.923. The Morgan fingerprint density at radius 2 is 0.375 bits per heavy atom. The van der Waals surface area contributed by atoms with Crippen LogP contribution in [0.4, 0.5) is 114 Å². The summed E-state index contributed by atoms with van der Waals surface area (Å²) in [4.78, 5) is 11.8. The third kappa shape index (κ3) is 4.37. The van der Waals surface area contributed by atoms with Crippen LogP contribution in [0.3, 0.4) is 0 Å². The second-order valence-corrected chi connectivity index (χ2v) is 7.11. The molecule has 0 rings (SSSR count). The van der Waals surface area contributed by atoms with Crippen LogP contribution in [0.15, 0.2) is 0 Å². The molecule has 0 aliphatic rings. The Morgan fingerprint density at radius 3 is 0.450 bits per heavy atom. The monoisotopic (exact) mass is 666 g/mol. The van der Waals surface area contributed by atoms with Crippen LogP contribution in [-0.2, 0) is 4.79 Å². The van der Waals surface area contributed by atoms with Crippen molar-refractivity contribution in [3.63, 3.8) is 0 Å². The van der Waals surface area contributed by atoms with Crippen molar-refractivity contribution in [2.75, 3.05) is 0 Å². The van der Waals surface area contributed by atoms with Crippen LogP contribution in [0.25, 0.3) is 0 Å². The van der Waals surface area contributed by atoms with Gasteiger partial charge in [0.05, 0.1) is 0 Å². The Hall–Kier alpha value is -2.15. The van der Waals surface area contributed by atoms with E-state index in [1.54, 1.807) is 0 Å². The van der Waals surface area contributed by atoms with Gasteiger partial charge in [0.25, 0.3) is 10.8 Å². The first-order valence-electron chi connectivity index (χ1n) is 8.12. The van der Waals surface area contributed by atoms with Crippen LogP contribution in [-0.4, -0.2) is 66.5 Å². The predicted octanol–water partition coefficient (Wildman–Crippen LogP) is 8.44. The minimum Gasteiger partial charge on any atom is -0.297 e. The summed E-state index contributed by atoms with van der Waals surface area (Å²) in [6, 6.07) is 0. The fourth-order valence-electron chi connectivity index (χ4n) is 3.07. The number of alkyl halides is 26. The van der Waals surface area contributed by atoms with Crippen LogP contribution in [0.1, 0.15) is 0 Å². The molecule has 0 bridgehead atoms. The van der Waals surface area contributed by atoms with Gasteiger partial charge in [-0.15, -0.1) is 0 Å². The summed E-state index contributed by atoms with van der Waals surface area (Å²) in [6.07, 6.45) is -55.6. The lowest BCUT2D eigenvalue weighted by atomic mass is 9.57. The number of hydrogen-bond acceptors (Lipinski definition) is 1. The Morgan fingerprint density at radius 1 is 0.250 bits per heavy atom. The Kier molecular flexibility index (Phi) is 8.44. The maximum atomic E-state index is 13.8. The summed E-state index contributed by atoms with van der Waals surface area (Å²) in [5.41, 5.74) is -20.6. The highest BCUT2D eigenvalue weighted by Crippen LogP contribution is 2.74. The average molecular weight is 666 g/mol. The van der Waals surface area contributed by atoms with Gasteiger partial charge >= 0.3 is 60.7 Å². The lowest BCUT2D eigenvalue weighted by Crippen LogP contribution is -2.83. The topological polar surface area (TPSA) is 17.1 Å². The van der Waals surface area contributed by atoms with E-state index in [1.165, 1.54) is 0 Å². The molecule has 0 saturated carbocycles. The zero-order valence-corrected chi connectivity index (χ0v) is 16.7. The molecule has 40 heavy (non-hydrogen) atoms. The highest BCUT2D eigenvalue weighted by Gasteiger charge is 3.04. The van der Waals surface area contributed by atoms with Crippen molar-refractivity contribution in [1.82, 2.24) is 0 Å². The van der Waals surface area contributed by atoms with E-state index in [1.807, 2.05) is 0 Å². The van der Waals surface area contributed by atoms with E-state index in [4.69, 9.17) is 0 Å². The standard InChI is InChI=1S/C13F26O/c14-4(15,10(28,29)30)2(8(22,23)24,5(16,17)11(31,32)33)1(40)3(9(25,26)27,6(18,19)12(34,35)36)7(20,21)13(37,38)39. The summed E-state index contributed by atoms with van der Waals surface area (Å²) in [6.45, 7) is 0. The smallest absolute Gasteiger partial charge is 0.297 e. The molecule has 0 aromatic heterocycles. The van der Waals surface area contributed by atoms with Gasteiger partial charge in [0.2, 0.25) is 0 Å². The summed E-state index contributed by atoms with van der Waals surface area (Å²) in [7, 11) is 0. The number of hydrogen-bond donors (Lipinski definition) is 0. The van der Waals surface area contributed by atoms with Crippen LogP contribution in [0.5, 0.6) is 0 Å². The first-order valence-corrected chi connectivity index (χ1v) is 8.12. The van der Waals surface area contributed by atoms with Crippen LogP contribution in [0, 0.1) is 10.8 Å². The number of carbonyl (C=O) groups is 1. The maximum absolute atomic E-state index is 13.8. The first kappa shape index (κ1) is 37.9. The van der Waals surface area contributed by atoms with E-state index in [0.29, 0.717) is 0 Å². The predicted molar refractivity (Wildman–Crippen MR) is 66.0 cm³/mol. The number of halogens is 26. The molecule has 0 aliphatic carbocycles. The van der Waals surface area contributed by atoms with Gasteiger partial charge in [-0.3, -0.25) is 4.79 Å². The Labute approximate surface area is 198 Å². The number of rotatable bonds is 6. The molecule has 0 amide bonds. The molecule has 0 saturated heterocycles. The van der Waals surface area contributed by atoms with Gasteiger partial charge in [0.1, 0.15) is 0 Å². The lowest BCUT2D eigenvalue weighted by molar-refractivity contribution is -0.473. The molecular formula is C13F26O. The van der Waals surface area contributed by atoms with E-state index >= 15 is 0 Å². The summed E-state index contributed by atoms with van der Waals surface area (Å²) in [5, 5.41) is 0. The zero-order valence-electron chi connectivity index (χ0n) is 16.7. The van der Waals surface area contributed by atoms with Crippen molar-refractivity contribution >= 4 is 5.78 Å². The SMILES string of the molecule is O=C(C(C(F)(F)F)(C(F)(F)C(F)(F)F)C(F)(F)C(F)(F)F)C(C(F)(F)F)(C(F)(F)C(F)(F)F)C(F)(F)C(F)(F)F. The maximum Gasteiger partial charge on any atom is 0.455 e. The molecule has 0 aromatic carbocycles. The van der Waals surface area contributed by atoms with Gasteiger partial charge in [0.15, 0.2) is 5.78 Å². The number of carbonyl (C=O) groups excluding carboxylic acids is 1. The molecule has 0 aromatic rings. The number of Topliss-reactive ketones (excluding diaryl/α,β-unsaturated/α-hetero) is 1. The van der Waals surface area contributed by atoms with Crippen LogP contribution in [0.2, 0.25) is 0 Å². The van der Waals surface area contributed by atoms with Crippen molar-refractivity contribution < 1.29 is 119 Å². The molecule has 0 fully saturated rings. The molecular weight excluding hydrogens is 666 g/mol. The minimum atomic E-state index is -10.3. The van der Waals surface area contributed by atoms with Crippen LogP contribution >= 0.6 is 0 Å². The van der Waals surface area contributed by atoms with Gasteiger partial charge in [-0.1, -0.05) is 0 Å². The first-order chi connectivity index (χ1) is 16.7. The lowest BCUT2D eigenvalue weighted by Gasteiger charge is -2.52. The molecule has 240 valence electrons. The average Bonchev–Trinajstić information content (AvgIpc) is 2.54. The van der Waals surface area contributed by atoms with E-state index < -0.39 is 77.4 Å². The van der Waals surface area contributed by atoms with Gasteiger partial charge in [-0.2, -0.15) is 114 Å². The zero-order chi connectivity index (χ0) is 33.6. The van der Waals surface area contributed by atoms with E-state index in [0.717, 1.165) is 0 Å². The molecule has 27 heteroatoms. The van der Waals surface area contributed by atoms with Crippen molar-refractivity contribution in [3.8, 4) is 0 Å². The Balaban J connectivity index is 9.44.